The van der Waals surface area contributed by atoms with E-state index in [0.29, 0.717) is 11.3 Å². The zero-order valence-corrected chi connectivity index (χ0v) is 14.6. The SMILES string of the molecule is COc1ccccc1C(=O)N/N=C/c1ccc(-c2ccc(F)cc2[N+](=O)[O-])o1. The molecule has 0 saturated carbocycles. The maximum Gasteiger partial charge on any atom is 0.283 e. The lowest BCUT2D eigenvalue weighted by Gasteiger charge is -2.05. The van der Waals surface area contributed by atoms with Crippen LogP contribution in [0.5, 0.6) is 5.75 Å². The molecule has 1 amide bonds. The molecule has 142 valence electrons. The summed E-state index contributed by atoms with van der Waals surface area (Å²) in [7, 11) is 1.45. The first-order chi connectivity index (χ1) is 13.5. The largest absolute Gasteiger partial charge is 0.496 e. The van der Waals surface area contributed by atoms with E-state index < -0.39 is 22.3 Å². The van der Waals surface area contributed by atoms with Crippen LogP contribution >= 0.6 is 0 Å². The third kappa shape index (κ3) is 4.04. The third-order valence-electron chi connectivity index (χ3n) is 3.76. The van der Waals surface area contributed by atoms with Gasteiger partial charge in [0.1, 0.15) is 23.1 Å². The number of nitrogens with one attached hydrogen (secondary N) is 1. The number of nitro groups is 1. The molecule has 8 nitrogen and oxygen atoms in total. The second-order valence-corrected chi connectivity index (χ2v) is 5.52. The number of carbonyl (C=O) groups excluding carboxylic acids is 1. The first-order valence-corrected chi connectivity index (χ1v) is 8.00. The molecule has 1 N–H and O–H groups in total. The highest BCUT2D eigenvalue weighted by atomic mass is 19.1. The number of para-hydroxylation sites is 1. The van der Waals surface area contributed by atoms with E-state index in [1.54, 1.807) is 24.3 Å². The van der Waals surface area contributed by atoms with Gasteiger partial charge >= 0.3 is 0 Å². The number of rotatable bonds is 6. The topological polar surface area (TPSA) is 107 Å². The molecule has 0 unspecified atom stereocenters. The third-order valence-corrected chi connectivity index (χ3v) is 3.76. The van der Waals surface area contributed by atoms with Crippen LogP contribution in [0.1, 0.15) is 16.1 Å². The fourth-order valence-electron chi connectivity index (χ4n) is 2.48. The number of halogens is 1. The molecule has 0 spiro atoms. The van der Waals surface area contributed by atoms with Gasteiger partial charge in [-0.25, -0.2) is 9.82 Å². The lowest BCUT2D eigenvalue weighted by molar-refractivity contribution is -0.384. The van der Waals surface area contributed by atoms with Crippen LogP contribution in [0.25, 0.3) is 11.3 Å². The van der Waals surface area contributed by atoms with Gasteiger partial charge in [0.15, 0.2) is 0 Å². The molecule has 0 aliphatic rings. The van der Waals surface area contributed by atoms with Gasteiger partial charge in [0, 0.05) is 0 Å². The van der Waals surface area contributed by atoms with Gasteiger partial charge in [0.2, 0.25) is 0 Å². The number of hydrogen-bond acceptors (Lipinski definition) is 6. The van der Waals surface area contributed by atoms with Crippen molar-refractivity contribution in [2.24, 2.45) is 5.10 Å². The molecule has 28 heavy (non-hydrogen) atoms. The molecule has 1 heterocycles. The quantitative estimate of drug-likeness (QED) is 0.396. The Morgan fingerprint density at radius 3 is 2.79 bits per heavy atom. The summed E-state index contributed by atoms with van der Waals surface area (Å²) in [6, 6.07) is 12.8. The molecule has 2 aromatic carbocycles. The molecular formula is C19H14FN3O5. The van der Waals surface area contributed by atoms with Crippen molar-refractivity contribution >= 4 is 17.8 Å². The first-order valence-electron chi connectivity index (χ1n) is 8.00. The second-order valence-electron chi connectivity index (χ2n) is 5.52. The van der Waals surface area contributed by atoms with Crippen molar-refractivity contribution in [1.82, 2.24) is 5.43 Å². The highest BCUT2D eigenvalue weighted by molar-refractivity contribution is 5.97. The molecule has 0 saturated heterocycles. The van der Waals surface area contributed by atoms with Crippen LogP contribution in [0.4, 0.5) is 10.1 Å². The number of nitro benzene ring substituents is 1. The molecule has 0 fully saturated rings. The Morgan fingerprint density at radius 1 is 1.25 bits per heavy atom. The van der Waals surface area contributed by atoms with Crippen LogP contribution in [-0.2, 0) is 0 Å². The molecule has 3 aromatic rings. The van der Waals surface area contributed by atoms with Crippen LogP contribution < -0.4 is 10.2 Å². The van der Waals surface area contributed by atoms with Gasteiger partial charge in [-0.3, -0.25) is 14.9 Å². The Morgan fingerprint density at radius 2 is 2.04 bits per heavy atom. The summed E-state index contributed by atoms with van der Waals surface area (Å²) < 4.78 is 23.8. The van der Waals surface area contributed by atoms with E-state index in [9.17, 15) is 19.3 Å². The van der Waals surface area contributed by atoms with Crippen molar-refractivity contribution in [1.29, 1.82) is 0 Å². The minimum Gasteiger partial charge on any atom is -0.496 e. The minimum atomic E-state index is -0.720. The van der Waals surface area contributed by atoms with E-state index in [2.05, 4.69) is 10.5 Å². The van der Waals surface area contributed by atoms with Crippen LogP contribution in [-0.4, -0.2) is 24.2 Å². The number of nitrogens with zero attached hydrogens (tertiary/aromatic N) is 2. The molecule has 0 radical (unpaired) electrons. The Labute approximate surface area is 158 Å². The number of hydrogen-bond donors (Lipinski definition) is 1. The number of hydrazone groups is 1. The van der Waals surface area contributed by atoms with E-state index in [0.717, 1.165) is 12.1 Å². The molecule has 0 atom stereocenters. The summed E-state index contributed by atoms with van der Waals surface area (Å²) in [5.74, 6) is -0.380. The average Bonchev–Trinajstić information content (AvgIpc) is 3.16. The van der Waals surface area contributed by atoms with Gasteiger partial charge in [0.25, 0.3) is 11.6 Å². The van der Waals surface area contributed by atoms with Crippen LogP contribution in [0, 0.1) is 15.9 Å². The van der Waals surface area contributed by atoms with Crippen molar-refractivity contribution in [3.05, 3.63) is 81.9 Å². The lowest BCUT2D eigenvalue weighted by Crippen LogP contribution is -2.18. The van der Waals surface area contributed by atoms with Crippen LogP contribution in [0.2, 0.25) is 0 Å². The van der Waals surface area contributed by atoms with E-state index in [1.807, 2.05) is 0 Å². The van der Waals surface area contributed by atoms with Crippen molar-refractivity contribution < 1.29 is 23.3 Å². The number of methoxy groups -OCH3 is 1. The van der Waals surface area contributed by atoms with Crippen molar-refractivity contribution in [2.75, 3.05) is 7.11 Å². The summed E-state index contributed by atoms with van der Waals surface area (Å²) in [4.78, 5) is 22.6. The predicted molar refractivity (Wildman–Crippen MR) is 98.8 cm³/mol. The molecule has 0 aliphatic heterocycles. The highest BCUT2D eigenvalue weighted by Gasteiger charge is 2.19. The van der Waals surface area contributed by atoms with Crippen LogP contribution in [0.15, 0.2) is 64.1 Å². The maximum absolute atomic E-state index is 13.3. The normalized spacial score (nSPS) is 10.8. The molecule has 0 bridgehead atoms. The van der Waals surface area contributed by atoms with Gasteiger partial charge in [-0.2, -0.15) is 5.10 Å². The van der Waals surface area contributed by atoms with E-state index in [1.165, 1.54) is 31.5 Å². The Kier molecular flexibility index (Phi) is 5.45. The fourth-order valence-corrected chi connectivity index (χ4v) is 2.48. The van der Waals surface area contributed by atoms with Crippen molar-refractivity contribution in [3.8, 4) is 17.1 Å². The molecular weight excluding hydrogens is 369 g/mol. The van der Waals surface area contributed by atoms with Gasteiger partial charge < -0.3 is 9.15 Å². The zero-order valence-electron chi connectivity index (χ0n) is 14.6. The van der Waals surface area contributed by atoms with E-state index >= 15 is 0 Å². The van der Waals surface area contributed by atoms with Gasteiger partial charge in [-0.15, -0.1) is 0 Å². The van der Waals surface area contributed by atoms with Crippen molar-refractivity contribution in [2.45, 2.75) is 0 Å². The summed E-state index contributed by atoms with van der Waals surface area (Å²) in [5, 5.41) is 14.9. The number of carbonyl (C=O) groups is 1. The summed E-state index contributed by atoms with van der Waals surface area (Å²) in [5.41, 5.74) is 2.36. The predicted octanol–water partition coefficient (Wildman–Crippen LogP) is 3.77. The second kappa shape index (κ2) is 8.12. The lowest BCUT2D eigenvalue weighted by atomic mass is 10.1. The smallest absolute Gasteiger partial charge is 0.283 e. The first kappa shape index (κ1) is 18.8. The van der Waals surface area contributed by atoms with E-state index in [4.69, 9.17) is 9.15 Å². The number of ether oxygens (including phenoxy) is 1. The molecule has 1 aromatic heterocycles. The maximum atomic E-state index is 13.3. The summed E-state index contributed by atoms with van der Waals surface area (Å²) in [6.45, 7) is 0. The number of amides is 1. The average molecular weight is 383 g/mol. The molecule has 3 rings (SSSR count). The number of benzene rings is 2. The Balaban J connectivity index is 1.75. The van der Waals surface area contributed by atoms with Crippen molar-refractivity contribution in [3.63, 3.8) is 0 Å². The Hall–Kier alpha value is -4.01. The summed E-state index contributed by atoms with van der Waals surface area (Å²) >= 11 is 0. The standard InChI is InChI=1S/C19H14FN3O5/c1-27-17-5-3-2-4-15(17)19(24)22-21-11-13-7-9-18(28-13)14-8-6-12(20)10-16(14)23(25)26/h2-11H,1H3,(H,22,24)/b21-11+. The summed E-state index contributed by atoms with van der Waals surface area (Å²) in [6.07, 6.45) is 1.24. The fraction of sp³-hybridized carbons (Fsp3) is 0.0526. The van der Waals surface area contributed by atoms with E-state index in [-0.39, 0.29) is 17.1 Å². The molecule has 0 aliphatic carbocycles. The van der Waals surface area contributed by atoms with Gasteiger partial charge in [0.05, 0.1) is 35.4 Å². The molecule has 9 heteroatoms. The monoisotopic (exact) mass is 383 g/mol. The number of furan rings is 1. The van der Waals surface area contributed by atoms with Gasteiger partial charge in [-0.05, 0) is 36.4 Å². The minimum absolute atomic E-state index is 0.129. The van der Waals surface area contributed by atoms with Gasteiger partial charge in [-0.1, -0.05) is 12.1 Å². The Bertz CT molecular complexity index is 1060. The van der Waals surface area contributed by atoms with Crippen LogP contribution in [0.3, 0.4) is 0 Å². The highest BCUT2D eigenvalue weighted by Crippen LogP contribution is 2.31. The zero-order chi connectivity index (χ0) is 20.1.